The van der Waals surface area contributed by atoms with Crippen LogP contribution in [-0.4, -0.2) is 9.97 Å². The van der Waals surface area contributed by atoms with E-state index in [0.29, 0.717) is 22.2 Å². The van der Waals surface area contributed by atoms with Crippen LogP contribution < -0.4 is 10.5 Å². The Kier molecular flexibility index (Phi) is 4.02. The van der Waals surface area contributed by atoms with Crippen LogP contribution in [0.2, 0.25) is 5.02 Å². The van der Waals surface area contributed by atoms with E-state index in [9.17, 15) is 0 Å². The van der Waals surface area contributed by atoms with Gasteiger partial charge in [0.15, 0.2) is 0 Å². The highest BCUT2D eigenvalue weighted by Crippen LogP contribution is 2.27. The van der Waals surface area contributed by atoms with Crippen molar-refractivity contribution >= 4 is 28.8 Å². The van der Waals surface area contributed by atoms with E-state index < -0.39 is 0 Å². The minimum absolute atomic E-state index is 0.272. The predicted molar refractivity (Wildman–Crippen MR) is 81.1 cm³/mol. The van der Waals surface area contributed by atoms with Gasteiger partial charge in [0.25, 0.3) is 0 Å². The molecule has 0 aliphatic rings. The summed E-state index contributed by atoms with van der Waals surface area (Å²) in [4.78, 5) is 4.62. The van der Waals surface area contributed by atoms with Gasteiger partial charge in [-0.2, -0.15) is 0 Å². The molecule has 0 atom stereocenters. The van der Waals surface area contributed by atoms with Gasteiger partial charge in [-0.05, 0) is 49.7 Å². The highest BCUT2D eigenvalue weighted by atomic mass is 35.5. The van der Waals surface area contributed by atoms with E-state index in [0.717, 1.165) is 11.3 Å². The molecule has 0 unspecified atom stereocenters. The molecule has 0 saturated carbocycles. The summed E-state index contributed by atoms with van der Waals surface area (Å²) in [6.07, 6.45) is 0. The van der Waals surface area contributed by atoms with Crippen LogP contribution in [0.4, 0.5) is 0 Å². The Morgan fingerprint density at radius 2 is 1.89 bits per heavy atom. The Morgan fingerprint density at radius 1 is 1.26 bits per heavy atom. The lowest BCUT2D eigenvalue weighted by molar-refractivity contribution is 0.460. The zero-order chi connectivity index (χ0) is 14.0. The van der Waals surface area contributed by atoms with E-state index in [-0.39, 0.29) is 4.99 Å². The van der Waals surface area contributed by atoms with Crippen molar-refractivity contribution in [3.05, 3.63) is 52.2 Å². The first-order valence-electron chi connectivity index (χ1n) is 5.69. The number of halogens is 1. The molecular formula is C14H13ClN2OS. The Labute approximate surface area is 122 Å². The van der Waals surface area contributed by atoms with Crippen LogP contribution in [0, 0.1) is 13.8 Å². The number of nitrogens with two attached hydrogens (primary N) is 1. The molecule has 0 spiro atoms. The van der Waals surface area contributed by atoms with E-state index >= 15 is 0 Å². The van der Waals surface area contributed by atoms with Crippen molar-refractivity contribution in [1.29, 1.82) is 0 Å². The number of thiocarbonyl (C=S) groups is 1. The third-order valence-electron chi connectivity index (χ3n) is 2.59. The number of nitrogens with zero attached hydrogens (tertiary/aromatic N) is 1. The summed E-state index contributed by atoms with van der Waals surface area (Å²) in [5, 5.41) is 0.648. The van der Waals surface area contributed by atoms with Gasteiger partial charge in [0.05, 0.1) is 5.56 Å². The molecule has 0 radical (unpaired) electrons. The molecule has 1 aromatic carbocycles. The van der Waals surface area contributed by atoms with Crippen LogP contribution in [0.15, 0.2) is 30.3 Å². The molecule has 0 amide bonds. The highest BCUT2D eigenvalue weighted by molar-refractivity contribution is 7.80. The number of rotatable bonds is 3. The monoisotopic (exact) mass is 292 g/mol. The molecule has 2 N–H and O–H groups in total. The Morgan fingerprint density at radius 3 is 2.47 bits per heavy atom. The van der Waals surface area contributed by atoms with Gasteiger partial charge < -0.3 is 10.5 Å². The van der Waals surface area contributed by atoms with Crippen LogP contribution in [0.3, 0.4) is 0 Å². The van der Waals surface area contributed by atoms with E-state index in [2.05, 4.69) is 4.98 Å². The Balaban J connectivity index is 2.44. The molecule has 19 heavy (non-hydrogen) atoms. The van der Waals surface area contributed by atoms with Gasteiger partial charge in [-0.15, -0.1) is 0 Å². The zero-order valence-corrected chi connectivity index (χ0v) is 12.2. The van der Waals surface area contributed by atoms with Crippen molar-refractivity contribution < 1.29 is 4.74 Å². The highest BCUT2D eigenvalue weighted by Gasteiger charge is 2.13. The third kappa shape index (κ3) is 3.22. The predicted octanol–water partition coefficient (Wildman–Crippen LogP) is 3.78. The summed E-state index contributed by atoms with van der Waals surface area (Å²) in [6, 6.07) is 8.96. The molecule has 0 aliphatic carbocycles. The fourth-order valence-electron chi connectivity index (χ4n) is 1.79. The molecule has 0 bridgehead atoms. The third-order valence-corrected chi connectivity index (χ3v) is 3.04. The molecule has 2 rings (SSSR count). The second kappa shape index (κ2) is 5.55. The molecule has 5 heteroatoms. The SMILES string of the molecule is Cc1cc(C)c(C(N)=S)c(Oc2ccc(Cl)cc2)n1. The van der Waals surface area contributed by atoms with Gasteiger partial charge in [-0.1, -0.05) is 23.8 Å². The summed E-state index contributed by atoms with van der Waals surface area (Å²) in [7, 11) is 0. The molecular weight excluding hydrogens is 280 g/mol. The molecule has 2 aromatic rings. The van der Waals surface area contributed by atoms with Gasteiger partial charge in [0.1, 0.15) is 10.7 Å². The molecule has 0 fully saturated rings. The molecule has 0 aliphatic heterocycles. The van der Waals surface area contributed by atoms with Gasteiger partial charge in [0, 0.05) is 10.7 Å². The van der Waals surface area contributed by atoms with Gasteiger partial charge in [-0.25, -0.2) is 4.98 Å². The molecule has 0 saturated heterocycles. The zero-order valence-electron chi connectivity index (χ0n) is 10.6. The fraction of sp³-hybridized carbons (Fsp3) is 0.143. The quantitative estimate of drug-likeness (QED) is 0.875. The summed E-state index contributed by atoms with van der Waals surface area (Å²) in [5.41, 5.74) is 8.19. The lowest BCUT2D eigenvalue weighted by Crippen LogP contribution is -2.14. The fourth-order valence-corrected chi connectivity index (χ4v) is 2.16. The first kappa shape index (κ1) is 13.8. The molecule has 1 heterocycles. The summed E-state index contributed by atoms with van der Waals surface area (Å²) >= 11 is 10.9. The molecule has 98 valence electrons. The minimum atomic E-state index is 0.272. The number of hydrogen-bond acceptors (Lipinski definition) is 3. The summed E-state index contributed by atoms with van der Waals surface area (Å²) in [6.45, 7) is 3.82. The number of aryl methyl sites for hydroxylation is 2. The van der Waals surface area contributed by atoms with Gasteiger partial charge in [-0.3, -0.25) is 0 Å². The van der Waals surface area contributed by atoms with E-state index in [1.807, 2.05) is 19.9 Å². The normalized spacial score (nSPS) is 10.3. The van der Waals surface area contributed by atoms with Gasteiger partial charge >= 0.3 is 0 Å². The lowest BCUT2D eigenvalue weighted by Gasteiger charge is -2.12. The van der Waals surface area contributed by atoms with Crippen molar-refractivity contribution in [1.82, 2.24) is 4.98 Å². The number of pyridine rings is 1. The van der Waals surface area contributed by atoms with Crippen molar-refractivity contribution in [3.63, 3.8) is 0 Å². The van der Waals surface area contributed by atoms with Crippen molar-refractivity contribution in [2.24, 2.45) is 5.73 Å². The van der Waals surface area contributed by atoms with Crippen LogP contribution in [-0.2, 0) is 0 Å². The number of aromatic nitrogens is 1. The molecule has 1 aromatic heterocycles. The average molecular weight is 293 g/mol. The van der Waals surface area contributed by atoms with Crippen molar-refractivity contribution in [3.8, 4) is 11.6 Å². The average Bonchev–Trinajstić information content (AvgIpc) is 2.30. The Bertz CT molecular complexity index is 626. The maximum absolute atomic E-state index is 5.83. The van der Waals surface area contributed by atoms with Crippen molar-refractivity contribution in [2.45, 2.75) is 13.8 Å². The maximum Gasteiger partial charge on any atom is 0.229 e. The largest absolute Gasteiger partial charge is 0.438 e. The van der Waals surface area contributed by atoms with E-state index in [1.165, 1.54) is 0 Å². The van der Waals surface area contributed by atoms with Gasteiger partial charge in [0.2, 0.25) is 5.88 Å². The standard InChI is InChI=1S/C14H13ClN2OS/c1-8-7-9(2)17-14(12(8)13(16)19)18-11-5-3-10(15)4-6-11/h3-7H,1-2H3,(H2,16,19). The van der Waals surface area contributed by atoms with Crippen LogP contribution in [0.1, 0.15) is 16.8 Å². The molecule has 3 nitrogen and oxygen atoms in total. The topological polar surface area (TPSA) is 48.1 Å². The van der Waals surface area contributed by atoms with E-state index in [1.54, 1.807) is 24.3 Å². The van der Waals surface area contributed by atoms with E-state index in [4.69, 9.17) is 34.3 Å². The lowest BCUT2D eigenvalue weighted by atomic mass is 10.1. The van der Waals surface area contributed by atoms with Crippen LogP contribution in [0.5, 0.6) is 11.6 Å². The second-order valence-corrected chi connectivity index (χ2v) is 5.06. The first-order valence-corrected chi connectivity index (χ1v) is 6.47. The number of benzene rings is 1. The van der Waals surface area contributed by atoms with Crippen molar-refractivity contribution in [2.75, 3.05) is 0 Å². The summed E-state index contributed by atoms with van der Waals surface area (Å²) < 4.78 is 5.75. The smallest absolute Gasteiger partial charge is 0.229 e. The first-order chi connectivity index (χ1) is 8.97. The number of hydrogen-bond donors (Lipinski definition) is 1. The maximum atomic E-state index is 5.83. The summed E-state index contributed by atoms with van der Waals surface area (Å²) in [5.74, 6) is 1.06. The Hall–Kier alpha value is -1.65. The number of ether oxygens (including phenoxy) is 1. The second-order valence-electron chi connectivity index (χ2n) is 4.18. The minimum Gasteiger partial charge on any atom is -0.438 e. The van der Waals surface area contributed by atoms with Crippen LogP contribution >= 0.6 is 23.8 Å². The van der Waals surface area contributed by atoms with Crippen LogP contribution in [0.25, 0.3) is 0 Å².